The van der Waals surface area contributed by atoms with E-state index in [0.29, 0.717) is 11.1 Å². The van der Waals surface area contributed by atoms with Gasteiger partial charge in [0.1, 0.15) is 6.04 Å². The quantitative estimate of drug-likeness (QED) is 0.838. The molecule has 1 aromatic carbocycles. The lowest BCUT2D eigenvalue weighted by Gasteiger charge is -2.34. The van der Waals surface area contributed by atoms with Crippen molar-refractivity contribution in [2.24, 2.45) is 11.7 Å². The van der Waals surface area contributed by atoms with Crippen LogP contribution < -0.4 is 16.0 Å². The molecule has 0 spiro atoms. The van der Waals surface area contributed by atoms with Crippen molar-refractivity contribution in [1.29, 1.82) is 0 Å². The molecule has 5 heteroatoms. The van der Waals surface area contributed by atoms with Crippen LogP contribution in [0.2, 0.25) is 5.02 Å². The number of hydrogen-bond acceptors (Lipinski definition) is 3. The summed E-state index contributed by atoms with van der Waals surface area (Å²) in [7, 11) is 0. The lowest BCUT2D eigenvalue weighted by molar-refractivity contribution is -0.116. The third-order valence-electron chi connectivity index (χ3n) is 5.31. The second kappa shape index (κ2) is 4.89. The molecule has 4 nitrogen and oxygen atoms in total. The summed E-state index contributed by atoms with van der Waals surface area (Å²) in [5.74, 6) is 0.662. The monoisotopic (exact) mass is 305 g/mol. The number of halogens is 1. The van der Waals surface area contributed by atoms with E-state index in [1.807, 2.05) is 12.1 Å². The van der Waals surface area contributed by atoms with E-state index < -0.39 is 6.04 Å². The highest BCUT2D eigenvalue weighted by molar-refractivity contribution is 6.33. The Kier molecular flexibility index (Phi) is 3.12. The average Bonchev–Trinajstić information content (AvgIpc) is 3.02. The van der Waals surface area contributed by atoms with Crippen LogP contribution in [0.1, 0.15) is 43.7 Å². The standard InChI is InChI=1S/C16H20ClN3O/c17-11-7-10-12(19-16(21)15(10)18)8-14(11)20-6-5-9-3-1-2-4-13(9)20/h7-9,13,15H,1-6,18H2,(H,19,21). The highest BCUT2D eigenvalue weighted by atomic mass is 35.5. The molecule has 3 unspecified atom stereocenters. The van der Waals surface area contributed by atoms with Crippen LogP contribution in [0.25, 0.3) is 0 Å². The molecule has 3 atom stereocenters. The summed E-state index contributed by atoms with van der Waals surface area (Å²) in [6.07, 6.45) is 6.51. The molecule has 2 fully saturated rings. The molecule has 2 aliphatic heterocycles. The zero-order valence-corrected chi connectivity index (χ0v) is 12.7. The van der Waals surface area contributed by atoms with Crippen LogP contribution >= 0.6 is 11.6 Å². The van der Waals surface area contributed by atoms with E-state index in [-0.39, 0.29) is 5.91 Å². The minimum Gasteiger partial charge on any atom is -0.367 e. The number of anilines is 2. The van der Waals surface area contributed by atoms with Gasteiger partial charge in [-0.05, 0) is 37.3 Å². The SMILES string of the molecule is NC1C(=O)Nc2cc(N3CCC4CCCCC43)c(Cl)cc21. The maximum Gasteiger partial charge on any atom is 0.245 e. The smallest absolute Gasteiger partial charge is 0.245 e. The number of nitrogens with one attached hydrogen (secondary N) is 1. The summed E-state index contributed by atoms with van der Waals surface area (Å²) < 4.78 is 0. The number of fused-ring (bicyclic) bond motifs is 2. The normalized spacial score (nSPS) is 31.0. The van der Waals surface area contributed by atoms with Crippen LogP contribution in [0.5, 0.6) is 0 Å². The minimum absolute atomic E-state index is 0.143. The van der Waals surface area contributed by atoms with E-state index in [4.69, 9.17) is 17.3 Å². The minimum atomic E-state index is -0.590. The van der Waals surface area contributed by atoms with Gasteiger partial charge in [0.2, 0.25) is 5.91 Å². The van der Waals surface area contributed by atoms with Crippen LogP contribution in [0.4, 0.5) is 11.4 Å². The molecule has 21 heavy (non-hydrogen) atoms. The first-order valence-corrected chi connectivity index (χ1v) is 8.19. The second-order valence-electron chi connectivity index (χ2n) is 6.45. The maximum atomic E-state index is 11.7. The number of carbonyl (C=O) groups excluding carboxylic acids is 1. The molecule has 0 radical (unpaired) electrons. The summed E-state index contributed by atoms with van der Waals surface area (Å²) in [4.78, 5) is 14.2. The van der Waals surface area contributed by atoms with E-state index in [2.05, 4.69) is 10.2 Å². The van der Waals surface area contributed by atoms with Crippen molar-refractivity contribution in [3.63, 3.8) is 0 Å². The Hall–Kier alpha value is -1.26. The second-order valence-corrected chi connectivity index (χ2v) is 6.86. The molecule has 112 valence electrons. The van der Waals surface area contributed by atoms with E-state index in [1.54, 1.807) is 0 Å². The van der Waals surface area contributed by atoms with Gasteiger partial charge >= 0.3 is 0 Å². The fourth-order valence-electron chi connectivity index (χ4n) is 4.22. The van der Waals surface area contributed by atoms with Crippen molar-refractivity contribution in [3.05, 3.63) is 22.7 Å². The van der Waals surface area contributed by atoms with Gasteiger partial charge in [-0.2, -0.15) is 0 Å². The van der Waals surface area contributed by atoms with Gasteiger partial charge in [-0.3, -0.25) is 4.79 Å². The Balaban J connectivity index is 1.70. The predicted octanol–water partition coefficient (Wildman–Crippen LogP) is 3.06. The van der Waals surface area contributed by atoms with Gasteiger partial charge in [-0.15, -0.1) is 0 Å². The number of amides is 1. The van der Waals surface area contributed by atoms with Crippen molar-refractivity contribution < 1.29 is 4.79 Å². The molecule has 1 saturated heterocycles. The highest BCUT2D eigenvalue weighted by Crippen LogP contribution is 2.44. The van der Waals surface area contributed by atoms with Gasteiger partial charge in [0.15, 0.2) is 0 Å². The fraction of sp³-hybridized carbons (Fsp3) is 0.562. The molecular formula is C16H20ClN3O. The fourth-order valence-corrected chi connectivity index (χ4v) is 4.50. The number of benzene rings is 1. The van der Waals surface area contributed by atoms with Crippen molar-refractivity contribution in [2.75, 3.05) is 16.8 Å². The first kappa shape index (κ1) is 13.4. The Labute approximate surface area is 129 Å². The molecular weight excluding hydrogens is 286 g/mol. The lowest BCUT2D eigenvalue weighted by Crippen LogP contribution is -2.34. The van der Waals surface area contributed by atoms with Gasteiger partial charge in [0.25, 0.3) is 0 Å². The summed E-state index contributed by atoms with van der Waals surface area (Å²) in [5.41, 5.74) is 8.58. The van der Waals surface area contributed by atoms with Gasteiger partial charge in [0.05, 0.1) is 10.7 Å². The number of nitrogens with zero attached hydrogens (tertiary/aromatic N) is 1. The van der Waals surface area contributed by atoms with Crippen molar-refractivity contribution >= 4 is 28.9 Å². The average molecular weight is 306 g/mol. The molecule has 4 rings (SSSR count). The Morgan fingerprint density at radius 1 is 1.24 bits per heavy atom. The summed E-state index contributed by atoms with van der Waals surface area (Å²) >= 11 is 6.50. The molecule has 0 aromatic heterocycles. The molecule has 3 aliphatic rings. The number of rotatable bonds is 1. The van der Waals surface area contributed by atoms with Gasteiger partial charge in [-0.1, -0.05) is 24.4 Å². The first-order chi connectivity index (χ1) is 10.1. The Morgan fingerprint density at radius 2 is 2.05 bits per heavy atom. The number of nitrogens with two attached hydrogens (primary N) is 1. The van der Waals surface area contributed by atoms with Gasteiger partial charge in [-0.25, -0.2) is 0 Å². The summed E-state index contributed by atoms with van der Waals surface area (Å²) in [6.45, 7) is 1.06. The maximum absolute atomic E-state index is 11.7. The Morgan fingerprint density at radius 3 is 2.90 bits per heavy atom. The van der Waals surface area contributed by atoms with Crippen LogP contribution in [-0.4, -0.2) is 18.5 Å². The molecule has 3 N–H and O–H groups in total. The van der Waals surface area contributed by atoms with E-state index in [0.717, 1.165) is 29.4 Å². The summed E-state index contributed by atoms with van der Waals surface area (Å²) in [5, 5.41) is 3.58. The zero-order chi connectivity index (χ0) is 14.6. The molecule has 1 aromatic rings. The van der Waals surface area contributed by atoms with Crippen LogP contribution in [0.15, 0.2) is 12.1 Å². The molecule has 0 bridgehead atoms. The van der Waals surface area contributed by atoms with E-state index in [9.17, 15) is 4.79 Å². The molecule has 1 aliphatic carbocycles. The molecule has 1 saturated carbocycles. The lowest BCUT2D eigenvalue weighted by atomic mass is 9.85. The summed E-state index contributed by atoms with van der Waals surface area (Å²) in [6, 6.07) is 3.90. The topological polar surface area (TPSA) is 58.4 Å². The van der Waals surface area contributed by atoms with Crippen LogP contribution in [0, 0.1) is 5.92 Å². The Bertz CT molecular complexity index is 603. The van der Waals surface area contributed by atoms with Gasteiger partial charge < -0.3 is 16.0 Å². The third-order valence-corrected chi connectivity index (χ3v) is 5.62. The third kappa shape index (κ3) is 2.04. The number of hydrogen-bond donors (Lipinski definition) is 2. The van der Waals surface area contributed by atoms with Gasteiger partial charge in [0, 0.05) is 23.8 Å². The number of carbonyl (C=O) groups is 1. The largest absolute Gasteiger partial charge is 0.367 e. The molecule has 2 heterocycles. The van der Waals surface area contributed by atoms with Crippen molar-refractivity contribution in [3.8, 4) is 0 Å². The van der Waals surface area contributed by atoms with Crippen molar-refractivity contribution in [1.82, 2.24) is 0 Å². The van der Waals surface area contributed by atoms with E-state index >= 15 is 0 Å². The van der Waals surface area contributed by atoms with Crippen molar-refractivity contribution in [2.45, 2.75) is 44.2 Å². The first-order valence-electron chi connectivity index (χ1n) is 7.81. The molecule has 1 amide bonds. The highest BCUT2D eigenvalue weighted by Gasteiger charge is 2.37. The van der Waals surface area contributed by atoms with Crippen LogP contribution in [0.3, 0.4) is 0 Å². The predicted molar refractivity (Wildman–Crippen MR) is 84.7 cm³/mol. The van der Waals surface area contributed by atoms with E-state index in [1.165, 1.54) is 32.1 Å². The van der Waals surface area contributed by atoms with Crippen LogP contribution in [-0.2, 0) is 4.79 Å². The zero-order valence-electron chi connectivity index (χ0n) is 11.9.